The largest absolute Gasteiger partial charge is 0.457 e. The van der Waals surface area contributed by atoms with Gasteiger partial charge in [0, 0.05) is 32.4 Å². The Kier molecular flexibility index (Phi) is 7.20. The third-order valence-electron chi connectivity index (χ3n) is 5.57. The molecule has 1 N–H and O–H groups in total. The topological polar surface area (TPSA) is 101 Å². The maximum absolute atomic E-state index is 13.6. The molecule has 0 atom stereocenters. The Balaban J connectivity index is 1.60. The Morgan fingerprint density at radius 2 is 1.62 bits per heavy atom. The van der Waals surface area contributed by atoms with Crippen LogP contribution in [-0.2, 0) is 14.8 Å². The number of morpholine rings is 1. The summed E-state index contributed by atoms with van der Waals surface area (Å²) in [6.45, 7) is 4.94. The molecule has 3 aromatic rings. The standard InChI is InChI=1S/C24H27N3O6S/c1-19-4-6-20(7-5-19)33-21-8-10-22(11-9-21)34(30,31)27(14-13-25-15-17-32-18-16-25)23-3-2-12-26(29)24(23)28/h2-12,29H,13-18H2,1H3. The molecule has 1 fully saturated rings. The van der Waals surface area contributed by atoms with E-state index < -0.39 is 15.6 Å². The van der Waals surface area contributed by atoms with Gasteiger partial charge in [0.25, 0.3) is 10.0 Å². The zero-order valence-corrected chi connectivity index (χ0v) is 19.6. The Hall–Kier alpha value is -3.34. The molecule has 2 aromatic carbocycles. The molecule has 9 nitrogen and oxygen atoms in total. The lowest BCUT2D eigenvalue weighted by molar-refractivity contribution is 0.0395. The van der Waals surface area contributed by atoms with Crippen molar-refractivity contribution in [3.63, 3.8) is 0 Å². The molecule has 0 spiro atoms. The number of pyridine rings is 1. The molecule has 4 rings (SSSR count). The predicted molar refractivity (Wildman–Crippen MR) is 127 cm³/mol. The van der Waals surface area contributed by atoms with E-state index in [0.29, 0.717) is 49.1 Å². The lowest BCUT2D eigenvalue weighted by Crippen LogP contribution is -2.44. The SMILES string of the molecule is Cc1ccc(Oc2ccc(S(=O)(=O)N(CCN3CCOCC3)c3cccn(O)c3=O)cc2)cc1. The van der Waals surface area contributed by atoms with Crippen LogP contribution in [0.1, 0.15) is 5.56 Å². The fraction of sp³-hybridized carbons (Fsp3) is 0.292. The molecule has 1 aliphatic heterocycles. The minimum absolute atomic E-state index is 0.0125. The summed E-state index contributed by atoms with van der Waals surface area (Å²) in [6, 6.07) is 16.4. The van der Waals surface area contributed by atoms with Gasteiger partial charge in [-0.25, -0.2) is 8.42 Å². The Morgan fingerprint density at radius 1 is 1.00 bits per heavy atom. The molecular formula is C24H27N3O6S. The van der Waals surface area contributed by atoms with E-state index in [2.05, 4.69) is 4.90 Å². The number of anilines is 1. The van der Waals surface area contributed by atoms with Gasteiger partial charge in [0.05, 0.1) is 18.1 Å². The number of hydrogen-bond donors (Lipinski definition) is 1. The molecule has 1 aromatic heterocycles. The summed E-state index contributed by atoms with van der Waals surface area (Å²) < 4.78 is 39.8. The second-order valence-corrected chi connectivity index (χ2v) is 9.82. The van der Waals surface area contributed by atoms with Crippen molar-refractivity contribution in [2.45, 2.75) is 11.8 Å². The Bertz CT molecular complexity index is 1270. The fourth-order valence-corrected chi connectivity index (χ4v) is 5.09. The summed E-state index contributed by atoms with van der Waals surface area (Å²) in [5, 5.41) is 9.84. The number of ether oxygens (including phenoxy) is 2. The first-order valence-corrected chi connectivity index (χ1v) is 12.4. The molecule has 1 saturated heterocycles. The highest BCUT2D eigenvalue weighted by atomic mass is 32.2. The monoisotopic (exact) mass is 485 g/mol. The fourth-order valence-electron chi connectivity index (χ4n) is 3.64. The van der Waals surface area contributed by atoms with E-state index in [0.717, 1.165) is 16.1 Å². The molecule has 0 saturated carbocycles. The number of rotatable bonds is 8. The highest BCUT2D eigenvalue weighted by Gasteiger charge is 2.28. The van der Waals surface area contributed by atoms with Crippen molar-refractivity contribution in [3.8, 4) is 11.5 Å². The number of nitrogens with zero attached hydrogens (tertiary/aromatic N) is 3. The highest BCUT2D eigenvalue weighted by Crippen LogP contribution is 2.26. The van der Waals surface area contributed by atoms with Crippen LogP contribution in [0.15, 0.2) is 76.6 Å². The third-order valence-corrected chi connectivity index (χ3v) is 7.40. The van der Waals surface area contributed by atoms with Crippen LogP contribution in [0.25, 0.3) is 0 Å². The summed E-state index contributed by atoms with van der Waals surface area (Å²) >= 11 is 0. The summed E-state index contributed by atoms with van der Waals surface area (Å²) in [4.78, 5) is 14.7. The lowest BCUT2D eigenvalue weighted by atomic mass is 10.2. The van der Waals surface area contributed by atoms with Crippen molar-refractivity contribution >= 4 is 15.7 Å². The van der Waals surface area contributed by atoms with Gasteiger partial charge in [-0.2, -0.15) is 4.73 Å². The molecule has 180 valence electrons. The Labute approximate surface area is 198 Å². The van der Waals surface area contributed by atoms with Crippen LogP contribution in [0.5, 0.6) is 11.5 Å². The quantitative estimate of drug-likeness (QED) is 0.490. The van der Waals surface area contributed by atoms with Crippen molar-refractivity contribution in [1.82, 2.24) is 9.63 Å². The third kappa shape index (κ3) is 5.41. The molecule has 0 aliphatic carbocycles. The second kappa shape index (κ2) is 10.3. The van der Waals surface area contributed by atoms with E-state index in [4.69, 9.17) is 9.47 Å². The van der Waals surface area contributed by atoms with E-state index in [1.165, 1.54) is 24.3 Å². The predicted octanol–water partition coefficient (Wildman–Crippen LogP) is 2.71. The van der Waals surface area contributed by atoms with Crippen LogP contribution in [0.4, 0.5) is 5.69 Å². The number of benzene rings is 2. The first-order chi connectivity index (χ1) is 16.3. The van der Waals surface area contributed by atoms with E-state index in [9.17, 15) is 18.4 Å². The van der Waals surface area contributed by atoms with Gasteiger partial charge >= 0.3 is 5.56 Å². The normalized spacial score (nSPS) is 14.6. The van der Waals surface area contributed by atoms with Crippen molar-refractivity contribution in [2.24, 2.45) is 0 Å². The summed E-state index contributed by atoms with van der Waals surface area (Å²) in [5.74, 6) is 1.13. The van der Waals surface area contributed by atoms with Crippen LogP contribution in [0, 0.1) is 6.92 Å². The molecule has 0 radical (unpaired) electrons. The average Bonchev–Trinajstić information content (AvgIpc) is 2.84. The van der Waals surface area contributed by atoms with Gasteiger partial charge in [-0.15, -0.1) is 0 Å². The van der Waals surface area contributed by atoms with Crippen LogP contribution in [0.2, 0.25) is 0 Å². The van der Waals surface area contributed by atoms with Crippen LogP contribution >= 0.6 is 0 Å². The molecule has 1 aliphatic rings. The van der Waals surface area contributed by atoms with Gasteiger partial charge in [-0.3, -0.25) is 14.0 Å². The molecule has 0 amide bonds. The van der Waals surface area contributed by atoms with Gasteiger partial charge in [0.1, 0.15) is 17.2 Å². The van der Waals surface area contributed by atoms with Crippen molar-refractivity contribution in [2.75, 3.05) is 43.7 Å². The van der Waals surface area contributed by atoms with E-state index in [1.807, 2.05) is 31.2 Å². The van der Waals surface area contributed by atoms with E-state index in [1.54, 1.807) is 12.1 Å². The summed E-state index contributed by atoms with van der Waals surface area (Å²) in [5.41, 5.74) is 0.166. The number of sulfonamides is 1. The zero-order valence-electron chi connectivity index (χ0n) is 18.8. The lowest BCUT2D eigenvalue weighted by Gasteiger charge is -2.30. The minimum Gasteiger partial charge on any atom is -0.457 e. The second-order valence-electron chi connectivity index (χ2n) is 7.96. The summed E-state index contributed by atoms with van der Waals surface area (Å²) in [6.07, 6.45) is 1.16. The molecule has 0 unspecified atom stereocenters. The smallest absolute Gasteiger partial charge is 0.307 e. The molecule has 10 heteroatoms. The highest BCUT2D eigenvalue weighted by molar-refractivity contribution is 7.92. The van der Waals surface area contributed by atoms with Crippen LogP contribution < -0.4 is 14.6 Å². The van der Waals surface area contributed by atoms with Crippen molar-refractivity contribution in [1.29, 1.82) is 0 Å². The Morgan fingerprint density at radius 3 is 2.26 bits per heavy atom. The van der Waals surface area contributed by atoms with E-state index >= 15 is 0 Å². The maximum Gasteiger partial charge on any atom is 0.307 e. The van der Waals surface area contributed by atoms with Crippen molar-refractivity contribution in [3.05, 3.63) is 82.8 Å². The number of hydrogen-bond acceptors (Lipinski definition) is 7. The van der Waals surface area contributed by atoms with Gasteiger partial charge in [0.2, 0.25) is 0 Å². The van der Waals surface area contributed by atoms with Gasteiger partial charge < -0.3 is 14.7 Å². The maximum atomic E-state index is 13.6. The van der Waals surface area contributed by atoms with Gasteiger partial charge in [-0.05, 0) is 55.5 Å². The van der Waals surface area contributed by atoms with Gasteiger partial charge in [-0.1, -0.05) is 17.7 Å². The molecule has 0 bridgehead atoms. The van der Waals surface area contributed by atoms with Crippen LogP contribution in [-0.4, -0.2) is 62.6 Å². The molecule has 2 heterocycles. The molecule has 34 heavy (non-hydrogen) atoms. The van der Waals surface area contributed by atoms with Crippen LogP contribution in [0.3, 0.4) is 0 Å². The number of aromatic nitrogens is 1. The zero-order chi connectivity index (χ0) is 24.1. The minimum atomic E-state index is -4.09. The van der Waals surface area contributed by atoms with E-state index in [-0.39, 0.29) is 17.1 Å². The van der Waals surface area contributed by atoms with Crippen molar-refractivity contribution < 1.29 is 23.1 Å². The van der Waals surface area contributed by atoms with Gasteiger partial charge in [0.15, 0.2) is 0 Å². The first-order valence-electron chi connectivity index (χ1n) is 10.9. The average molecular weight is 486 g/mol. The first kappa shape index (κ1) is 23.8. The molecular weight excluding hydrogens is 458 g/mol. The number of aryl methyl sites for hydroxylation is 1. The summed E-state index contributed by atoms with van der Waals surface area (Å²) in [7, 11) is -4.09.